The molecule has 2 aromatic heterocycles. The number of rotatable bonds is 6. The van der Waals surface area contributed by atoms with Crippen molar-refractivity contribution in [3.8, 4) is 17.1 Å². The summed E-state index contributed by atoms with van der Waals surface area (Å²) in [4.78, 5) is 16.8. The number of benzene rings is 2. The molecular weight excluding hydrogens is 432 g/mol. The number of aryl methyl sites for hydroxylation is 1. The van der Waals surface area contributed by atoms with Crippen LogP contribution in [0.3, 0.4) is 0 Å². The lowest BCUT2D eigenvalue weighted by atomic mass is 10.2. The van der Waals surface area contributed by atoms with Crippen molar-refractivity contribution in [2.75, 3.05) is 5.32 Å². The van der Waals surface area contributed by atoms with Crippen molar-refractivity contribution < 1.29 is 13.6 Å². The Labute approximate surface area is 187 Å². The molecule has 0 aliphatic heterocycles. The Morgan fingerprint density at radius 2 is 1.91 bits per heavy atom. The maximum absolute atomic E-state index is 13.9. The van der Waals surface area contributed by atoms with E-state index in [-0.39, 0.29) is 5.69 Å². The van der Waals surface area contributed by atoms with E-state index in [4.69, 9.17) is 0 Å². The highest BCUT2D eigenvalue weighted by molar-refractivity contribution is 8.00. The lowest BCUT2D eigenvalue weighted by Crippen LogP contribution is -2.23. The first-order chi connectivity index (χ1) is 15.4. The number of nitrogens with zero attached hydrogens (tertiary/aromatic N) is 4. The van der Waals surface area contributed by atoms with Gasteiger partial charge in [-0.15, -0.1) is 10.2 Å². The largest absolute Gasteiger partial charge is 0.323 e. The van der Waals surface area contributed by atoms with E-state index in [2.05, 4.69) is 20.5 Å². The molecule has 1 N–H and O–H groups in total. The van der Waals surface area contributed by atoms with Crippen molar-refractivity contribution in [2.24, 2.45) is 0 Å². The van der Waals surface area contributed by atoms with E-state index in [0.29, 0.717) is 11.0 Å². The molecule has 0 bridgehead atoms. The van der Waals surface area contributed by atoms with Crippen LogP contribution in [0.5, 0.6) is 0 Å². The minimum Gasteiger partial charge on any atom is -0.323 e. The molecule has 1 unspecified atom stereocenters. The topological polar surface area (TPSA) is 72.7 Å². The van der Waals surface area contributed by atoms with Crippen molar-refractivity contribution in [3.63, 3.8) is 0 Å². The molecule has 2 heterocycles. The number of hydrogen-bond acceptors (Lipinski definition) is 5. The van der Waals surface area contributed by atoms with Gasteiger partial charge in [0.25, 0.3) is 0 Å². The van der Waals surface area contributed by atoms with Gasteiger partial charge in [0.1, 0.15) is 11.6 Å². The lowest BCUT2D eigenvalue weighted by Gasteiger charge is -2.15. The van der Waals surface area contributed by atoms with Gasteiger partial charge in [-0.2, -0.15) is 0 Å². The Kier molecular flexibility index (Phi) is 6.27. The van der Waals surface area contributed by atoms with Gasteiger partial charge in [0.2, 0.25) is 5.91 Å². The zero-order chi connectivity index (χ0) is 22.7. The first-order valence-electron chi connectivity index (χ1n) is 9.78. The van der Waals surface area contributed by atoms with Crippen LogP contribution in [0, 0.1) is 18.6 Å². The first-order valence-corrected chi connectivity index (χ1v) is 10.7. The molecule has 0 spiro atoms. The molecule has 162 valence electrons. The van der Waals surface area contributed by atoms with Crippen LogP contribution in [0.2, 0.25) is 0 Å². The van der Waals surface area contributed by atoms with Crippen LogP contribution in [-0.4, -0.2) is 30.9 Å². The van der Waals surface area contributed by atoms with E-state index >= 15 is 0 Å². The van der Waals surface area contributed by atoms with Gasteiger partial charge in [-0.3, -0.25) is 14.3 Å². The molecule has 4 rings (SSSR count). The second kappa shape index (κ2) is 9.27. The number of anilines is 1. The number of hydrogen-bond donors (Lipinski definition) is 1. The molecule has 1 atom stereocenters. The normalized spacial score (nSPS) is 11.9. The van der Waals surface area contributed by atoms with E-state index in [0.717, 1.165) is 28.9 Å². The quantitative estimate of drug-likeness (QED) is 0.416. The minimum atomic E-state index is -0.836. The van der Waals surface area contributed by atoms with Crippen LogP contribution in [0.25, 0.3) is 17.1 Å². The first kappa shape index (κ1) is 21.6. The Balaban J connectivity index is 1.65. The van der Waals surface area contributed by atoms with Gasteiger partial charge in [0.05, 0.1) is 16.6 Å². The molecule has 1 amide bonds. The SMILES string of the molecule is Cc1ccccc1-n1c(SC(C)C(=O)Nc2ccc(F)cc2F)nnc1-c1cccnc1. The van der Waals surface area contributed by atoms with Crippen LogP contribution in [0.4, 0.5) is 14.5 Å². The third-order valence-electron chi connectivity index (χ3n) is 4.75. The zero-order valence-corrected chi connectivity index (χ0v) is 18.1. The van der Waals surface area contributed by atoms with Crippen LogP contribution in [0.1, 0.15) is 12.5 Å². The van der Waals surface area contributed by atoms with Crippen LogP contribution in [0.15, 0.2) is 72.1 Å². The molecule has 32 heavy (non-hydrogen) atoms. The monoisotopic (exact) mass is 451 g/mol. The summed E-state index contributed by atoms with van der Waals surface area (Å²) < 4.78 is 28.9. The highest BCUT2D eigenvalue weighted by atomic mass is 32.2. The Morgan fingerprint density at radius 1 is 1.09 bits per heavy atom. The van der Waals surface area contributed by atoms with Crippen molar-refractivity contribution in [1.29, 1.82) is 0 Å². The smallest absolute Gasteiger partial charge is 0.237 e. The molecule has 0 radical (unpaired) electrons. The zero-order valence-electron chi connectivity index (χ0n) is 17.3. The third kappa shape index (κ3) is 4.52. The van der Waals surface area contributed by atoms with E-state index in [1.54, 1.807) is 19.3 Å². The standard InChI is InChI=1S/C23H19F2N5OS/c1-14-6-3-4-8-20(14)30-21(16-7-5-11-26-13-16)28-29-23(30)32-15(2)22(31)27-19-10-9-17(24)12-18(19)25/h3-13,15H,1-2H3,(H,27,31). The van der Waals surface area contributed by atoms with Crippen molar-refractivity contribution in [1.82, 2.24) is 19.7 Å². The summed E-state index contributed by atoms with van der Waals surface area (Å²) in [5, 5.41) is 11.0. The van der Waals surface area contributed by atoms with Gasteiger partial charge < -0.3 is 5.32 Å². The van der Waals surface area contributed by atoms with E-state index < -0.39 is 22.8 Å². The predicted molar refractivity (Wildman–Crippen MR) is 120 cm³/mol. The summed E-state index contributed by atoms with van der Waals surface area (Å²) in [6.45, 7) is 3.66. The van der Waals surface area contributed by atoms with Gasteiger partial charge in [0, 0.05) is 24.0 Å². The second-order valence-electron chi connectivity index (χ2n) is 7.04. The van der Waals surface area contributed by atoms with Crippen LogP contribution in [-0.2, 0) is 4.79 Å². The van der Waals surface area contributed by atoms with E-state index in [1.807, 2.05) is 47.9 Å². The lowest BCUT2D eigenvalue weighted by molar-refractivity contribution is -0.115. The predicted octanol–water partition coefficient (Wildman–Crippen LogP) is 5.04. The van der Waals surface area contributed by atoms with Gasteiger partial charge in [-0.1, -0.05) is 30.0 Å². The molecule has 6 nitrogen and oxygen atoms in total. The molecule has 0 saturated carbocycles. The Morgan fingerprint density at radius 3 is 2.62 bits per heavy atom. The number of aromatic nitrogens is 4. The number of carbonyl (C=O) groups is 1. The maximum Gasteiger partial charge on any atom is 0.237 e. The van der Waals surface area contributed by atoms with Gasteiger partial charge >= 0.3 is 0 Å². The second-order valence-corrected chi connectivity index (χ2v) is 8.35. The van der Waals surface area contributed by atoms with Crippen molar-refractivity contribution >= 4 is 23.4 Å². The number of thioether (sulfide) groups is 1. The number of para-hydroxylation sites is 1. The fraction of sp³-hybridized carbons (Fsp3) is 0.130. The number of pyridine rings is 1. The van der Waals surface area contributed by atoms with Crippen molar-refractivity contribution in [2.45, 2.75) is 24.3 Å². The number of amides is 1. The number of halogens is 2. The summed E-state index contributed by atoms with van der Waals surface area (Å²) in [6.07, 6.45) is 3.37. The molecule has 0 saturated heterocycles. The molecule has 9 heteroatoms. The fourth-order valence-corrected chi connectivity index (χ4v) is 3.96. The summed E-state index contributed by atoms with van der Waals surface area (Å²) in [6, 6.07) is 14.5. The minimum absolute atomic E-state index is 0.0831. The molecule has 0 fully saturated rings. The Bertz CT molecular complexity index is 1260. The van der Waals surface area contributed by atoms with Gasteiger partial charge in [-0.25, -0.2) is 8.78 Å². The fourth-order valence-electron chi connectivity index (χ4n) is 3.10. The highest BCUT2D eigenvalue weighted by Gasteiger charge is 2.23. The summed E-state index contributed by atoms with van der Waals surface area (Å²) >= 11 is 1.19. The average Bonchev–Trinajstić information content (AvgIpc) is 3.19. The maximum atomic E-state index is 13.9. The van der Waals surface area contributed by atoms with Crippen LogP contribution < -0.4 is 5.32 Å². The molecular formula is C23H19F2N5OS. The highest BCUT2D eigenvalue weighted by Crippen LogP contribution is 2.31. The number of carbonyl (C=O) groups excluding carboxylic acids is 1. The molecule has 2 aromatic carbocycles. The summed E-state index contributed by atoms with van der Waals surface area (Å²) in [7, 11) is 0. The van der Waals surface area contributed by atoms with E-state index in [1.165, 1.54) is 17.8 Å². The average molecular weight is 452 g/mol. The Hall–Kier alpha value is -3.59. The van der Waals surface area contributed by atoms with E-state index in [9.17, 15) is 13.6 Å². The molecule has 0 aliphatic rings. The van der Waals surface area contributed by atoms with Crippen LogP contribution >= 0.6 is 11.8 Å². The summed E-state index contributed by atoms with van der Waals surface area (Å²) in [5.74, 6) is -1.40. The number of nitrogens with one attached hydrogen (secondary N) is 1. The van der Waals surface area contributed by atoms with Crippen molar-refractivity contribution in [3.05, 3.63) is 84.2 Å². The molecule has 0 aliphatic carbocycles. The van der Waals surface area contributed by atoms with Gasteiger partial charge in [0.15, 0.2) is 11.0 Å². The third-order valence-corrected chi connectivity index (χ3v) is 5.79. The summed E-state index contributed by atoms with van der Waals surface area (Å²) in [5.41, 5.74) is 2.57. The van der Waals surface area contributed by atoms with Gasteiger partial charge in [-0.05, 0) is 49.7 Å². The molecule has 4 aromatic rings.